The number of hydrogen-bond donors (Lipinski definition) is 2. The van der Waals surface area contributed by atoms with Gasteiger partial charge in [-0.3, -0.25) is 4.79 Å². The highest BCUT2D eigenvalue weighted by Gasteiger charge is 2.27. The number of benzene rings is 1. The zero-order valence-corrected chi connectivity index (χ0v) is 17.4. The van der Waals surface area contributed by atoms with Gasteiger partial charge in [0.05, 0.1) is 4.90 Å². The van der Waals surface area contributed by atoms with Gasteiger partial charge in [-0.25, -0.2) is 8.42 Å². The lowest BCUT2D eigenvalue weighted by molar-refractivity contribution is 0.0922. The summed E-state index contributed by atoms with van der Waals surface area (Å²) in [6.45, 7) is 9.11. The Kier molecular flexibility index (Phi) is 8.53. The molecule has 1 amide bonds. The Morgan fingerprint density at radius 1 is 1.23 bits per heavy atom. The maximum atomic E-state index is 12.6. The minimum Gasteiger partial charge on any atom is -0.351 e. The number of nitrogens with one attached hydrogen (secondary N) is 2. The van der Waals surface area contributed by atoms with Crippen LogP contribution in [0.1, 0.15) is 44.0 Å². The molecule has 2 N–H and O–H groups in total. The average molecular weight is 404 g/mol. The first-order valence-electron chi connectivity index (χ1n) is 8.91. The van der Waals surface area contributed by atoms with Gasteiger partial charge < -0.3 is 10.6 Å². The largest absolute Gasteiger partial charge is 0.351 e. The van der Waals surface area contributed by atoms with Crippen LogP contribution in [-0.2, 0) is 10.0 Å². The monoisotopic (exact) mass is 403 g/mol. The Balaban J connectivity index is 0.00000338. The highest BCUT2D eigenvalue weighted by molar-refractivity contribution is 7.89. The number of carbonyl (C=O) groups is 1. The van der Waals surface area contributed by atoms with Crippen LogP contribution in [-0.4, -0.2) is 51.4 Å². The Labute approximate surface area is 163 Å². The van der Waals surface area contributed by atoms with Crippen LogP contribution in [0.2, 0.25) is 0 Å². The van der Waals surface area contributed by atoms with E-state index in [0.29, 0.717) is 25.2 Å². The van der Waals surface area contributed by atoms with Gasteiger partial charge in [-0.05, 0) is 49.5 Å². The molecule has 2 rings (SSSR count). The number of sulfonamides is 1. The van der Waals surface area contributed by atoms with Crippen molar-refractivity contribution >= 4 is 28.3 Å². The van der Waals surface area contributed by atoms with Crippen molar-refractivity contribution in [3.8, 4) is 0 Å². The average Bonchev–Trinajstić information content (AvgIpc) is 2.61. The predicted octanol–water partition coefficient (Wildman–Crippen LogP) is 2.26. The van der Waals surface area contributed by atoms with Crippen LogP contribution in [0.4, 0.5) is 0 Å². The molecule has 26 heavy (non-hydrogen) atoms. The number of hydrogen-bond acceptors (Lipinski definition) is 4. The highest BCUT2D eigenvalue weighted by Crippen LogP contribution is 2.26. The predicted molar refractivity (Wildman–Crippen MR) is 106 cm³/mol. The smallest absolute Gasteiger partial charge is 0.251 e. The standard InChI is InChI=1S/C18H29N3O3S.ClH/c1-4-21(5-2)25(23,24)16-8-6-7-15(13-16)17(22)20-14-18(3)9-11-19-12-10-18;/h6-8,13,19H,4-5,9-12,14H2,1-3H3,(H,20,22);1H. The van der Waals surface area contributed by atoms with Crippen LogP contribution in [0, 0.1) is 5.41 Å². The number of rotatable bonds is 7. The third kappa shape index (κ3) is 5.42. The first-order chi connectivity index (χ1) is 11.8. The molecule has 1 heterocycles. The van der Waals surface area contributed by atoms with Crippen LogP contribution >= 0.6 is 12.4 Å². The van der Waals surface area contributed by atoms with Gasteiger partial charge in [-0.2, -0.15) is 4.31 Å². The molecule has 1 saturated heterocycles. The maximum Gasteiger partial charge on any atom is 0.251 e. The van der Waals surface area contributed by atoms with Crippen molar-refractivity contribution in [1.82, 2.24) is 14.9 Å². The van der Waals surface area contributed by atoms with Crippen molar-refractivity contribution < 1.29 is 13.2 Å². The van der Waals surface area contributed by atoms with Crippen LogP contribution < -0.4 is 10.6 Å². The molecule has 6 nitrogen and oxygen atoms in total. The van der Waals surface area contributed by atoms with Crippen molar-refractivity contribution in [2.45, 2.75) is 38.5 Å². The molecule has 148 valence electrons. The van der Waals surface area contributed by atoms with E-state index in [1.54, 1.807) is 32.0 Å². The summed E-state index contributed by atoms with van der Waals surface area (Å²) in [5, 5.41) is 6.29. The SMILES string of the molecule is CCN(CC)S(=O)(=O)c1cccc(C(=O)NCC2(C)CCNCC2)c1.Cl. The van der Waals surface area contributed by atoms with Crippen molar-refractivity contribution in [3.63, 3.8) is 0 Å². The second-order valence-corrected chi connectivity index (χ2v) is 8.80. The summed E-state index contributed by atoms with van der Waals surface area (Å²) in [4.78, 5) is 12.6. The van der Waals surface area contributed by atoms with Gasteiger partial charge in [-0.15, -0.1) is 12.4 Å². The molecule has 0 atom stereocenters. The van der Waals surface area contributed by atoms with E-state index in [-0.39, 0.29) is 28.6 Å². The van der Waals surface area contributed by atoms with Gasteiger partial charge in [-0.1, -0.05) is 26.8 Å². The number of carbonyl (C=O) groups excluding carboxylic acids is 1. The van der Waals surface area contributed by atoms with Gasteiger partial charge >= 0.3 is 0 Å². The lowest BCUT2D eigenvalue weighted by atomic mass is 9.81. The summed E-state index contributed by atoms with van der Waals surface area (Å²) in [6, 6.07) is 6.28. The summed E-state index contributed by atoms with van der Waals surface area (Å²) >= 11 is 0. The third-order valence-electron chi connectivity index (χ3n) is 4.93. The Morgan fingerprint density at radius 2 is 1.85 bits per heavy atom. The second-order valence-electron chi connectivity index (χ2n) is 6.86. The molecule has 0 aliphatic carbocycles. The molecule has 1 aliphatic heterocycles. The fourth-order valence-electron chi connectivity index (χ4n) is 3.11. The number of amides is 1. The van der Waals surface area contributed by atoms with E-state index < -0.39 is 10.0 Å². The van der Waals surface area contributed by atoms with E-state index in [4.69, 9.17) is 0 Å². The van der Waals surface area contributed by atoms with Crippen molar-refractivity contribution in [3.05, 3.63) is 29.8 Å². The normalized spacial score (nSPS) is 16.8. The molecule has 1 fully saturated rings. The third-order valence-corrected chi connectivity index (χ3v) is 6.97. The summed E-state index contributed by atoms with van der Waals surface area (Å²) in [6.07, 6.45) is 2.04. The van der Waals surface area contributed by atoms with E-state index in [0.717, 1.165) is 25.9 Å². The molecule has 0 bridgehead atoms. The number of piperidine rings is 1. The zero-order chi connectivity index (χ0) is 18.5. The molecule has 0 spiro atoms. The Hall–Kier alpha value is -1.15. The van der Waals surface area contributed by atoms with Crippen molar-refractivity contribution in [1.29, 1.82) is 0 Å². The van der Waals surface area contributed by atoms with Gasteiger partial charge in [0.15, 0.2) is 0 Å². The first kappa shape index (κ1) is 22.9. The molecule has 0 saturated carbocycles. The second kappa shape index (κ2) is 9.69. The van der Waals surface area contributed by atoms with E-state index in [1.807, 2.05) is 0 Å². The summed E-state index contributed by atoms with van der Waals surface area (Å²) in [5.41, 5.74) is 0.469. The van der Waals surface area contributed by atoms with E-state index in [1.165, 1.54) is 10.4 Å². The van der Waals surface area contributed by atoms with Crippen molar-refractivity contribution in [2.24, 2.45) is 5.41 Å². The van der Waals surface area contributed by atoms with Gasteiger partial charge in [0, 0.05) is 25.2 Å². The van der Waals surface area contributed by atoms with Gasteiger partial charge in [0.2, 0.25) is 10.0 Å². The fraction of sp³-hybridized carbons (Fsp3) is 0.611. The van der Waals surface area contributed by atoms with E-state index in [9.17, 15) is 13.2 Å². The van der Waals surface area contributed by atoms with Crippen molar-refractivity contribution in [2.75, 3.05) is 32.7 Å². The molecule has 1 aliphatic rings. The minimum atomic E-state index is -3.56. The Bertz CT molecular complexity index is 699. The molecule has 0 aromatic heterocycles. The number of nitrogens with zero attached hydrogens (tertiary/aromatic N) is 1. The van der Waals surface area contributed by atoms with E-state index >= 15 is 0 Å². The maximum absolute atomic E-state index is 12.6. The molecular weight excluding hydrogens is 374 g/mol. The Morgan fingerprint density at radius 3 is 2.42 bits per heavy atom. The molecule has 1 aromatic rings. The van der Waals surface area contributed by atoms with Crippen LogP contribution in [0.15, 0.2) is 29.2 Å². The quantitative estimate of drug-likeness (QED) is 0.731. The molecule has 0 unspecified atom stereocenters. The first-order valence-corrected chi connectivity index (χ1v) is 10.4. The molecule has 1 aromatic carbocycles. The highest BCUT2D eigenvalue weighted by atomic mass is 35.5. The summed E-state index contributed by atoms with van der Waals surface area (Å²) < 4.78 is 26.6. The molecule has 8 heteroatoms. The molecular formula is C18H30ClN3O3S. The zero-order valence-electron chi connectivity index (χ0n) is 15.7. The van der Waals surface area contributed by atoms with Crippen LogP contribution in [0.25, 0.3) is 0 Å². The topological polar surface area (TPSA) is 78.5 Å². The van der Waals surface area contributed by atoms with Gasteiger partial charge in [0.1, 0.15) is 0 Å². The number of halogens is 1. The summed E-state index contributed by atoms with van der Waals surface area (Å²) in [7, 11) is -3.56. The van der Waals surface area contributed by atoms with E-state index in [2.05, 4.69) is 17.6 Å². The fourth-order valence-corrected chi connectivity index (χ4v) is 4.62. The summed E-state index contributed by atoms with van der Waals surface area (Å²) in [5.74, 6) is -0.226. The van der Waals surface area contributed by atoms with Crippen LogP contribution in [0.5, 0.6) is 0 Å². The van der Waals surface area contributed by atoms with Gasteiger partial charge in [0.25, 0.3) is 5.91 Å². The minimum absolute atomic E-state index is 0. The lowest BCUT2D eigenvalue weighted by Gasteiger charge is -2.34. The lowest BCUT2D eigenvalue weighted by Crippen LogP contribution is -2.42. The van der Waals surface area contributed by atoms with Crippen LogP contribution in [0.3, 0.4) is 0 Å². The molecule has 0 radical (unpaired) electrons.